The van der Waals surface area contributed by atoms with Crippen LogP contribution in [0.25, 0.3) is 0 Å². The van der Waals surface area contributed by atoms with Gasteiger partial charge in [-0.05, 0) is 38.3 Å². The molecular weight excluding hydrogens is 272 g/mol. The molecule has 2 aliphatic rings. The number of aliphatic imine (C=N–C) groups is 1. The molecule has 0 aromatic heterocycles. The third-order valence-corrected chi connectivity index (χ3v) is 5.03. The summed E-state index contributed by atoms with van der Waals surface area (Å²) in [5.74, 6) is 1.07. The van der Waals surface area contributed by atoms with Crippen molar-refractivity contribution in [2.75, 3.05) is 33.2 Å². The van der Waals surface area contributed by atoms with Gasteiger partial charge in [0.05, 0.1) is 0 Å². The number of nitrogens with one attached hydrogen (secondary N) is 1. The molecule has 2 heterocycles. The highest BCUT2D eigenvalue weighted by Gasteiger charge is 2.36. The Bertz CT molecular complexity index is 513. The lowest BCUT2D eigenvalue weighted by Crippen LogP contribution is -2.52. The van der Waals surface area contributed by atoms with Gasteiger partial charge in [0, 0.05) is 38.8 Å². The van der Waals surface area contributed by atoms with E-state index in [1.807, 2.05) is 0 Å². The molecule has 1 saturated heterocycles. The van der Waals surface area contributed by atoms with Crippen molar-refractivity contribution >= 4 is 5.96 Å². The smallest absolute Gasteiger partial charge is 0.193 e. The van der Waals surface area contributed by atoms with E-state index in [4.69, 9.17) is 0 Å². The summed E-state index contributed by atoms with van der Waals surface area (Å²) in [4.78, 5) is 9.49. The molecule has 1 aromatic carbocycles. The lowest BCUT2D eigenvalue weighted by atomic mass is 9.98. The minimum absolute atomic E-state index is 0.219. The van der Waals surface area contributed by atoms with E-state index in [1.54, 1.807) is 0 Å². The fourth-order valence-electron chi connectivity index (χ4n) is 3.53. The van der Waals surface area contributed by atoms with Crippen molar-refractivity contribution in [1.29, 1.82) is 0 Å². The molecule has 0 bridgehead atoms. The molecule has 2 aliphatic heterocycles. The highest BCUT2D eigenvalue weighted by atomic mass is 15.3. The molecule has 3 rings (SSSR count). The number of rotatable bonds is 4. The molecule has 22 heavy (non-hydrogen) atoms. The summed E-state index contributed by atoms with van der Waals surface area (Å²) in [6.45, 7) is 7.66. The van der Waals surface area contributed by atoms with Crippen molar-refractivity contribution in [2.24, 2.45) is 4.99 Å². The van der Waals surface area contributed by atoms with Gasteiger partial charge in [-0.25, -0.2) is 0 Å². The van der Waals surface area contributed by atoms with Crippen LogP contribution in [-0.4, -0.2) is 54.5 Å². The summed E-state index contributed by atoms with van der Waals surface area (Å²) in [5.41, 5.74) is 1.62. The third-order valence-electron chi connectivity index (χ3n) is 5.03. The van der Waals surface area contributed by atoms with Crippen LogP contribution in [0, 0.1) is 0 Å². The molecule has 1 fully saturated rings. The maximum absolute atomic E-state index is 4.62. The molecule has 0 saturated carbocycles. The Balaban J connectivity index is 1.62. The first-order chi connectivity index (χ1) is 10.7. The zero-order valence-electron chi connectivity index (χ0n) is 13.9. The van der Waals surface area contributed by atoms with E-state index in [9.17, 15) is 0 Å². The average Bonchev–Trinajstić information content (AvgIpc) is 2.89. The fraction of sp³-hybridized carbons (Fsp3) is 0.611. The van der Waals surface area contributed by atoms with Crippen LogP contribution in [0.1, 0.15) is 31.7 Å². The van der Waals surface area contributed by atoms with Crippen molar-refractivity contribution in [3.05, 3.63) is 35.9 Å². The SMILES string of the molecule is CN1CCCN=C1NCC1(C)CCCN1Cc1ccccc1. The molecule has 120 valence electrons. The maximum atomic E-state index is 4.62. The van der Waals surface area contributed by atoms with Gasteiger partial charge < -0.3 is 10.2 Å². The summed E-state index contributed by atoms with van der Waals surface area (Å²) in [5, 5.41) is 3.60. The van der Waals surface area contributed by atoms with Gasteiger partial charge in [-0.2, -0.15) is 0 Å². The van der Waals surface area contributed by atoms with Gasteiger partial charge in [-0.15, -0.1) is 0 Å². The van der Waals surface area contributed by atoms with E-state index in [2.05, 4.69) is 64.4 Å². The van der Waals surface area contributed by atoms with Gasteiger partial charge in [-0.3, -0.25) is 9.89 Å². The van der Waals surface area contributed by atoms with E-state index in [-0.39, 0.29) is 5.54 Å². The molecule has 1 N–H and O–H groups in total. The van der Waals surface area contributed by atoms with Crippen LogP contribution in [0.5, 0.6) is 0 Å². The fourth-order valence-corrected chi connectivity index (χ4v) is 3.53. The highest BCUT2D eigenvalue weighted by Crippen LogP contribution is 2.30. The van der Waals surface area contributed by atoms with E-state index < -0.39 is 0 Å². The minimum Gasteiger partial charge on any atom is -0.354 e. The second-order valence-electron chi connectivity index (χ2n) is 6.84. The lowest BCUT2D eigenvalue weighted by molar-refractivity contribution is 0.149. The number of guanidine groups is 1. The van der Waals surface area contributed by atoms with Gasteiger partial charge in [0.15, 0.2) is 5.96 Å². The van der Waals surface area contributed by atoms with E-state index >= 15 is 0 Å². The van der Waals surface area contributed by atoms with Crippen LogP contribution in [-0.2, 0) is 6.54 Å². The van der Waals surface area contributed by atoms with Crippen LogP contribution in [0.4, 0.5) is 0 Å². The second kappa shape index (κ2) is 6.69. The first kappa shape index (κ1) is 15.3. The predicted molar refractivity (Wildman–Crippen MR) is 92.0 cm³/mol. The third kappa shape index (κ3) is 3.43. The van der Waals surface area contributed by atoms with Crippen LogP contribution in [0.2, 0.25) is 0 Å². The molecular formula is C18H28N4. The molecule has 4 heteroatoms. The summed E-state index contributed by atoms with van der Waals surface area (Å²) in [6.07, 6.45) is 3.70. The van der Waals surface area contributed by atoms with Crippen LogP contribution >= 0.6 is 0 Å². The number of hydrogen-bond donors (Lipinski definition) is 1. The van der Waals surface area contributed by atoms with Crippen molar-refractivity contribution in [3.63, 3.8) is 0 Å². The van der Waals surface area contributed by atoms with Crippen molar-refractivity contribution in [3.8, 4) is 0 Å². The largest absolute Gasteiger partial charge is 0.354 e. The normalized spacial score (nSPS) is 26.1. The topological polar surface area (TPSA) is 30.9 Å². The highest BCUT2D eigenvalue weighted by molar-refractivity contribution is 5.80. The molecule has 0 aliphatic carbocycles. The van der Waals surface area contributed by atoms with Crippen LogP contribution in [0.3, 0.4) is 0 Å². The lowest BCUT2D eigenvalue weighted by Gasteiger charge is -2.37. The number of hydrogen-bond acceptors (Lipinski definition) is 4. The first-order valence-electron chi connectivity index (χ1n) is 8.46. The number of benzene rings is 1. The van der Waals surface area contributed by atoms with E-state index in [1.165, 1.54) is 31.4 Å². The Hall–Kier alpha value is -1.55. The van der Waals surface area contributed by atoms with Gasteiger partial charge >= 0.3 is 0 Å². The second-order valence-corrected chi connectivity index (χ2v) is 6.84. The average molecular weight is 300 g/mol. The molecule has 1 unspecified atom stereocenters. The van der Waals surface area contributed by atoms with Gasteiger partial charge in [0.1, 0.15) is 0 Å². The van der Waals surface area contributed by atoms with Crippen molar-refractivity contribution in [1.82, 2.24) is 15.1 Å². The molecule has 0 amide bonds. The van der Waals surface area contributed by atoms with E-state index in [0.29, 0.717) is 0 Å². The molecule has 1 atom stereocenters. The number of nitrogens with zero attached hydrogens (tertiary/aromatic N) is 3. The van der Waals surface area contributed by atoms with E-state index in [0.717, 1.165) is 32.1 Å². The van der Waals surface area contributed by atoms with Crippen LogP contribution < -0.4 is 5.32 Å². The zero-order chi connectivity index (χ0) is 15.4. The predicted octanol–water partition coefficient (Wildman–Crippen LogP) is 2.32. The Morgan fingerprint density at radius 3 is 2.77 bits per heavy atom. The monoisotopic (exact) mass is 300 g/mol. The molecule has 4 nitrogen and oxygen atoms in total. The quantitative estimate of drug-likeness (QED) is 0.926. The summed E-state index contributed by atoms with van der Waals surface area (Å²) in [7, 11) is 2.13. The maximum Gasteiger partial charge on any atom is 0.193 e. The Morgan fingerprint density at radius 2 is 2.00 bits per heavy atom. The molecule has 1 aromatic rings. The summed E-state index contributed by atoms with van der Waals surface area (Å²) >= 11 is 0. The van der Waals surface area contributed by atoms with Gasteiger partial charge in [0.25, 0.3) is 0 Å². The standard InChI is InChI=1S/C18H28N4/c1-18(15-20-17-19-11-7-12-21(17)2)10-6-13-22(18)14-16-8-4-3-5-9-16/h3-5,8-9H,6-7,10-15H2,1-2H3,(H,19,20). The summed E-state index contributed by atoms with van der Waals surface area (Å²) < 4.78 is 0. The van der Waals surface area contributed by atoms with Gasteiger partial charge in [-0.1, -0.05) is 30.3 Å². The molecule has 0 radical (unpaired) electrons. The minimum atomic E-state index is 0.219. The Morgan fingerprint density at radius 1 is 1.18 bits per heavy atom. The first-order valence-corrected chi connectivity index (χ1v) is 8.46. The summed E-state index contributed by atoms with van der Waals surface area (Å²) in [6, 6.07) is 10.8. The Labute approximate surface area is 134 Å². The number of likely N-dealkylation sites (tertiary alicyclic amines) is 1. The van der Waals surface area contributed by atoms with Gasteiger partial charge in [0.2, 0.25) is 0 Å². The Kier molecular flexibility index (Phi) is 4.67. The zero-order valence-corrected chi connectivity index (χ0v) is 13.9. The van der Waals surface area contributed by atoms with Crippen LogP contribution in [0.15, 0.2) is 35.3 Å². The molecule has 0 spiro atoms. The van der Waals surface area contributed by atoms with Crippen molar-refractivity contribution < 1.29 is 0 Å². The van der Waals surface area contributed by atoms with Crippen molar-refractivity contribution in [2.45, 2.75) is 38.3 Å².